The van der Waals surface area contributed by atoms with Crippen LogP contribution in [-0.2, 0) is 14.3 Å². The molecule has 5 heteroatoms. The van der Waals surface area contributed by atoms with Gasteiger partial charge in [-0.15, -0.1) is 0 Å². The molecule has 13 heavy (non-hydrogen) atoms. The van der Waals surface area contributed by atoms with E-state index in [0.717, 1.165) is 0 Å². The highest BCUT2D eigenvalue weighted by molar-refractivity contribution is 5.73. The predicted octanol–water partition coefficient (Wildman–Crippen LogP) is -0.757. The van der Waals surface area contributed by atoms with Crippen molar-refractivity contribution >= 4 is 5.91 Å². The van der Waals surface area contributed by atoms with Crippen molar-refractivity contribution in [1.29, 1.82) is 0 Å². The number of aliphatic hydroxyl groups is 1. The molecule has 76 valence electrons. The van der Waals surface area contributed by atoms with E-state index < -0.39 is 12.4 Å². The molecule has 0 aromatic rings. The Morgan fingerprint density at radius 1 is 1.62 bits per heavy atom. The van der Waals surface area contributed by atoms with Crippen LogP contribution in [0.3, 0.4) is 0 Å². The lowest BCUT2D eigenvalue weighted by molar-refractivity contribution is -0.145. The number of amides is 1. The molecule has 1 amide bonds. The quantitative estimate of drug-likeness (QED) is 0.599. The minimum absolute atomic E-state index is 0.184. The summed E-state index contributed by atoms with van der Waals surface area (Å²) in [6, 6.07) is -0.387. The van der Waals surface area contributed by atoms with Crippen LogP contribution in [0.15, 0.2) is 0 Å². The number of hydrogen-bond acceptors (Lipinski definition) is 4. The molecule has 0 aromatic carbocycles. The van der Waals surface area contributed by atoms with Gasteiger partial charge in [0.15, 0.2) is 6.29 Å². The van der Waals surface area contributed by atoms with Crippen molar-refractivity contribution in [2.45, 2.75) is 38.4 Å². The Morgan fingerprint density at radius 3 is 2.62 bits per heavy atom. The Morgan fingerprint density at radius 2 is 2.23 bits per heavy atom. The van der Waals surface area contributed by atoms with Crippen LogP contribution in [-0.4, -0.2) is 42.7 Å². The number of carbonyl (C=O) groups excluding carboxylic acids is 1. The minimum atomic E-state index is -0.802. The molecule has 5 nitrogen and oxygen atoms in total. The summed E-state index contributed by atoms with van der Waals surface area (Å²) in [6.45, 7) is 3.18. The summed E-state index contributed by atoms with van der Waals surface area (Å²) >= 11 is 0. The van der Waals surface area contributed by atoms with Gasteiger partial charge in [-0.1, -0.05) is 0 Å². The van der Waals surface area contributed by atoms with E-state index in [1.54, 1.807) is 6.92 Å². The fraction of sp³-hybridized carbons (Fsp3) is 0.875. The third-order valence-corrected chi connectivity index (χ3v) is 2.10. The van der Waals surface area contributed by atoms with Crippen LogP contribution in [0.1, 0.15) is 13.8 Å². The Kier molecular flexibility index (Phi) is 3.24. The Bertz CT molecular complexity index is 197. The van der Waals surface area contributed by atoms with Gasteiger partial charge in [0.05, 0.1) is 12.1 Å². The van der Waals surface area contributed by atoms with Crippen LogP contribution >= 0.6 is 0 Å². The molecule has 1 fully saturated rings. The fourth-order valence-corrected chi connectivity index (χ4v) is 1.46. The van der Waals surface area contributed by atoms with Gasteiger partial charge in [-0.2, -0.15) is 0 Å². The van der Waals surface area contributed by atoms with Gasteiger partial charge in [0.1, 0.15) is 6.10 Å². The van der Waals surface area contributed by atoms with Crippen molar-refractivity contribution in [3.05, 3.63) is 0 Å². The second-order valence-electron chi connectivity index (χ2n) is 3.16. The number of aliphatic hydroxyl groups excluding tert-OH is 1. The maximum atomic E-state index is 10.8. The number of carbonyl (C=O) groups is 1. The highest BCUT2D eigenvalue weighted by atomic mass is 16.7. The largest absolute Gasteiger partial charge is 0.386 e. The SMILES string of the molecule is COC1OC(C)C(NC(C)=O)C1O. The maximum Gasteiger partial charge on any atom is 0.217 e. The smallest absolute Gasteiger partial charge is 0.217 e. The molecule has 1 heterocycles. The molecule has 1 rings (SSSR count). The highest BCUT2D eigenvalue weighted by Gasteiger charge is 2.41. The maximum absolute atomic E-state index is 10.8. The van der Waals surface area contributed by atoms with Crippen molar-refractivity contribution < 1.29 is 19.4 Å². The Labute approximate surface area is 77.0 Å². The number of ether oxygens (including phenoxy) is 2. The molecule has 0 aromatic heterocycles. The van der Waals surface area contributed by atoms with Gasteiger partial charge in [0.25, 0.3) is 0 Å². The van der Waals surface area contributed by atoms with Gasteiger partial charge >= 0.3 is 0 Å². The first-order chi connectivity index (χ1) is 6.06. The second kappa shape index (κ2) is 4.04. The first-order valence-electron chi connectivity index (χ1n) is 4.19. The third-order valence-electron chi connectivity index (χ3n) is 2.10. The lowest BCUT2D eigenvalue weighted by Crippen LogP contribution is -2.46. The topological polar surface area (TPSA) is 67.8 Å². The number of nitrogens with one attached hydrogen (secondary N) is 1. The van der Waals surface area contributed by atoms with Crippen molar-refractivity contribution in [2.24, 2.45) is 0 Å². The van der Waals surface area contributed by atoms with Crippen LogP contribution in [0.25, 0.3) is 0 Å². The molecule has 0 spiro atoms. The van der Waals surface area contributed by atoms with Crippen LogP contribution < -0.4 is 5.32 Å². The number of rotatable bonds is 2. The molecule has 0 aliphatic carbocycles. The van der Waals surface area contributed by atoms with Gasteiger partial charge in [0.2, 0.25) is 5.91 Å². The Hall–Kier alpha value is -0.650. The van der Waals surface area contributed by atoms with E-state index in [1.165, 1.54) is 14.0 Å². The molecule has 0 saturated carbocycles. The van der Waals surface area contributed by atoms with E-state index in [1.807, 2.05) is 0 Å². The van der Waals surface area contributed by atoms with E-state index >= 15 is 0 Å². The van der Waals surface area contributed by atoms with Crippen molar-refractivity contribution in [3.63, 3.8) is 0 Å². The predicted molar refractivity (Wildman–Crippen MR) is 45.0 cm³/mol. The Balaban J connectivity index is 2.58. The van der Waals surface area contributed by atoms with E-state index in [-0.39, 0.29) is 18.1 Å². The number of hydrogen-bond donors (Lipinski definition) is 2. The molecule has 4 atom stereocenters. The zero-order valence-electron chi connectivity index (χ0n) is 7.98. The van der Waals surface area contributed by atoms with Crippen molar-refractivity contribution in [3.8, 4) is 0 Å². The minimum Gasteiger partial charge on any atom is -0.386 e. The van der Waals surface area contributed by atoms with Crippen LogP contribution in [0.5, 0.6) is 0 Å². The van der Waals surface area contributed by atoms with Crippen LogP contribution in [0, 0.1) is 0 Å². The van der Waals surface area contributed by atoms with E-state index in [2.05, 4.69) is 5.32 Å². The lowest BCUT2D eigenvalue weighted by atomic mass is 10.1. The molecule has 1 aliphatic rings. The first-order valence-corrected chi connectivity index (χ1v) is 4.19. The molecule has 4 unspecified atom stereocenters. The molecule has 0 radical (unpaired) electrons. The first kappa shape index (κ1) is 10.4. The van der Waals surface area contributed by atoms with Gasteiger partial charge < -0.3 is 19.9 Å². The average Bonchev–Trinajstić information content (AvgIpc) is 2.31. The monoisotopic (exact) mass is 189 g/mol. The highest BCUT2D eigenvalue weighted by Crippen LogP contribution is 2.21. The van der Waals surface area contributed by atoms with E-state index in [4.69, 9.17) is 9.47 Å². The molecule has 2 N–H and O–H groups in total. The standard InChI is InChI=1S/C8H15NO4/c1-4-6(9-5(2)10)7(11)8(12-3)13-4/h4,6-8,11H,1-3H3,(H,9,10). The summed E-state index contributed by atoms with van der Waals surface area (Å²) in [5.41, 5.74) is 0. The second-order valence-corrected chi connectivity index (χ2v) is 3.16. The zero-order chi connectivity index (χ0) is 10.0. The molecule has 1 aliphatic heterocycles. The van der Waals surface area contributed by atoms with Crippen molar-refractivity contribution in [1.82, 2.24) is 5.32 Å². The molecular formula is C8H15NO4. The van der Waals surface area contributed by atoms with Crippen molar-refractivity contribution in [2.75, 3.05) is 7.11 Å². The average molecular weight is 189 g/mol. The van der Waals surface area contributed by atoms with Gasteiger partial charge in [0, 0.05) is 14.0 Å². The fourth-order valence-electron chi connectivity index (χ4n) is 1.46. The van der Waals surface area contributed by atoms with Crippen LogP contribution in [0.2, 0.25) is 0 Å². The summed E-state index contributed by atoms with van der Waals surface area (Å²) in [4.78, 5) is 10.8. The van der Waals surface area contributed by atoms with E-state index in [9.17, 15) is 9.90 Å². The molecular weight excluding hydrogens is 174 g/mol. The lowest BCUT2D eigenvalue weighted by Gasteiger charge is -2.17. The zero-order valence-corrected chi connectivity index (χ0v) is 7.98. The van der Waals surface area contributed by atoms with Gasteiger partial charge in [-0.3, -0.25) is 4.79 Å². The molecule has 1 saturated heterocycles. The summed E-state index contributed by atoms with van der Waals surface area (Å²) in [7, 11) is 1.46. The van der Waals surface area contributed by atoms with Crippen LogP contribution in [0.4, 0.5) is 0 Å². The van der Waals surface area contributed by atoms with Gasteiger partial charge in [-0.25, -0.2) is 0 Å². The summed E-state index contributed by atoms with van der Waals surface area (Å²) in [6.07, 6.45) is -1.68. The normalized spacial score (nSPS) is 39.1. The number of methoxy groups -OCH3 is 1. The summed E-state index contributed by atoms with van der Waals surface area (Å²) in [5.74, 6) is -0.184. The summed E-state index contributed by atoms with van der Waals surface area (Å²) in [5, 5.41) is 12.2. The van der Waals surface area contributed by atoms with E-state index in [0.29, 0.717) is 0 Å². The van der Waals surface area contributed by atoms with Gasteiger partial charge in [-0.05, 0) is 6.92 Å². The summed E-state index contributed by atoms with van der Waals surface area (Å²) < 4.78 is 10.1. The third kappa shape index (κ3) is 2.18. The molecule has 0 bridgehead atoms.